The maximum Gasteiger partial charge on any atom is 0.260 e. The molecule has 0 aliphatic carbocycles. The number of rotatable bonds is 8. The topological polar surface area (TPSA) is 60.9 Å². The number of carbonyl (C=O) groups is 1. The number of amides is 1. The van der Waals surface area contributed by atoms with Crippen LogP contribution in [0.3, 0.4) is 0 Å². The van der Waals surface area contributed by atoms with E-state index in [1.807, 2.05) is 12.1 Å². The van der Waals surface area contributed by atoms with Crippen LogP contribution in [0.1, 0.15) is 18.4 Å². The zero-order valence-electron chi connectivity index (χ0n) is 15.0. The van der Waals surface area contributed by atoms with Crippen LogP contribution in [0.15, 0.2) is 48.8 Å². The molecule has 0 radical (unpaired) electrons. The van der Waals surface area contributed by atoms with E-state index in [-0.39, 0.29) is 18.6 Å². The van der Waals surface area contributed by atoms with Crippen molar-refractivity contribution in [2.75, 3.05) is 26.9 Å². The summed E-state index contributed by atoms with van der Waals surface area (Å²) in [4.78, 5) is 18.6. The van der Waals surface area contributed by atoms with Crippen molar-refractivity contribution in [2.45, 2.75) is 25.5 Å². The van der Waals surface area contributed by atoms with Crippen LogP contribution in [0.2, 0.25) is 0 Å². The third-order valence-corrected chi connectivity index (χ3v) is 4.32. The summed E-state index contributed by atoms with van der Waals surface area (Å²) >= 11 is 0. The van der Waals surface area contributed by atoms with Crippen molar-refractivity contribution in [2.24, 2.45) is 0 Å². The lowest BCUT2D eigenvalue weighted by Crippen LogP contribution is -2.39. The van der Waals surface area contributed by atoms with Crippen LogP contribution in [0.4, 0.5) is 0 Å². The lowest BCUT2D eigenvalue weighted by atomic mass is 10.2. The number of carbonyl (C=O) groups excluding carboxylic acids is 1. The summed E-state index contributed by atoms with van der Waals surface area (Å²) < 4.78 is 16.5. The van der Waals surface area contributed by atoms with Gasteiger partial charge in [-0.05, 0) is 48.7 Å². The Kier molecular flexibility index (Phi) is 6.44. The highest BCUT2D eigenvalue weighted by Gasteiger charge is 2.23. The summed E-state index contributed by atoms with van der Waals surface area (Å²) in [6.45, 7) is 1.82. The summed E-state index contributed by atoms with van der Waals surface area (Å²) in [5, 5.41) is 0. The molecule has 26 heavy (non-hydrogen) atoms. The first-order chi connectivity index (χ1) is 12.7. The van der Waals surface area contributed by atoms with E-state index < -0.39 is 0 Å². The van der Waals surface area contributed by atoms with Crippen LogP contribution in [0.5, 0.6) is 11.5 Å². The highest BCUT2D eigenvalue weighted by Crippen LogP contribution is 2.18. The van der Waals surface area contributed by atoms with Crippen LogP contribution in [-0.4, -0.2) is 48.8 Å². The minimum Gasteiger partial charge on any atom is -0.497 e. The van der Waals surface area contributed by atoms with Gasteiger partial charge in [0.15, 0.2) is 6.61 Å². The summed E-state index contributed by atoms with van der Waals surface area (Å²) in [5.41, 5.74) is 0.989. The first kappa shape index (κ1) is 18.2. The number of ether oxygens (including phenoxy) is 3. The second-order valence-corrected chi connectivity index (χ2v) is 6.23. The molecule has 1 aliphatic rings. The van der Waals surface area contributed by atoms with Crippen molar-refractivity contribution in [3.63, 3.8) is 0 Å². The molecule has 0 N–H and O–H groups in total. The number of methoxy groups -OCH3 is 1. The zero-order valence-corrected chi connectivity index (χ0v) is 15.0. The fraction of sp³-hybridized carbons (Fsp3) is 0.400. The SMILES string of the molecule is COc1ccc(OCC(=O)N(Cc2cccnc2)CC2CCCO2)cc1. The Hall–Kier alpha value is -2.60. The first-order valence-electron chi connectivity index (χ1n) is 8.80. The predicted octanol–water partition coefficient (Wildman–Crippen LogP) is 2.68. The second-order valence-electron chi connectivity index (χ2n) is 6.23. The van der Waals surface area contributed by atoms with Crippen molar-refractivity contribution < 1.29 is 19.0 Å². The fourth-order valence-electron chi connectivity index (χ4n) is 2.91. The number of benzene rings is 1. The van der Waals surface area contributed by atoms with Gasteiger partial charge in [0, 0.05) is 32.1 Å². The normalized spacial score (nSPS) is 16.3. The number of nitrogens with zero attached hydrogens (tertiary/aromatic N) is 2. The van der Waals surface area contributed by atoms with E-state index >= 15 is 0 Å². The predicted molar refractivity (Wildman–Crippen MR) is 97.1 cm³/mol. The molecule has 1 amide bonds. The molecule has 1 aliphatic heterocycles. The van der Waals surface area contributed by atoms with Gasteiger partial charge in [-0.25, -0.2) is 0 Å². The molecular weight excluding hydrogens is 332 g/mol. The summed E-state index contributed by atoms with van der Waals surface area (Å²) in [5.74, 6) is 1.32. The molecule has 0 spiro atoms. The van der Waals surface area contributed by atoms with Gasteiger partial charge >= 0.3 is 0 Å². The largest absolute Gasteiger partial charge is 0.497 e. The molecule has 2 aromatic rings. The monoisotopic (exact) mass is 356 g/mol. The molecular formula is C20H24N2O4. The smallest absolute Gasteiger partial charge is 0.260 e. The maximum atomic E-state index is 12.7. The summed E-state index contributed by atoms with van der Waals surface area (Å²) in [6.07, 6.45) is 5.62. The Labute approximate surface area is 153 Å². The van der Waals surface area contributed by atoms with Gasteiger partial charge in [0.1, 0.15) is 11.5 Å². The minimum atomic E-state index is -0.0693. The Balaban J connectivity index is 1.60. The lowest BCUT2D eigenvalue weighted by Gasteiger charge is -2.25. The maximum absolute atomic E-state index is 12.7. The standard InChI is InChI=1S/C20H24N2O4/c1-24-17-6-8-18(9-7-17)26-15-20(23)22(14-19-5-3-11-25-19)13-16-4-2-10-21-12-16/h2,4,6-10,12,19H,3,5,11,13-15H2,1H3. The zero-order chi connectivity index (χ0) is 18.2. The number of hydrogen-bond acceptors (Lipinski definition) is 5. The van der Waals surface area contributed by atoms with E-state index in [9.17, 15) is 4.79 Å². The van der Waals surface area contributed by atoms with Crippen LogP contribution < -0.4 is 9.47 Å². The molecule has 1 fully saturated rings. The van der Waals surface area contributed by atoms with Crippen LogP contribution in [-0.2, 0) is 16.1 Å². The molecule has 0 bridgehead atoms. The van der Waals surface area contributed by atoms with Crippen LogP contribution in [0.25, 0.3) is 0 Å². The van der Waals surface area contributed by atoms with Gasteiger partial charge in [0.05, 0.1) is 13.2 Å². The molecule has 1 saturated heterocycles. The Bertz CT molecular complexity index is 685. The minimum absolute atomic E-state index is 0.0146. The molecule has 1 unspecified atom stereocenters. The number of aromatic nitrogens is 1. The average molecular weight is 356 g/mol. The van der Waals surface area contributed by atoms with E-state index in [0.29, 0.717) is 18.8 Å². The van der Waals surface area contributed by atoms with Gasteiger partial charge in [0.2, 0.25) is 0 Å². The molecule has 6 heteroatoms. The molecule has 1 atom stereocenters. The molecule has 6 nitrogen and oxygen atoms in total. The molecule has 2 heterocycles. The quantitative estimate of drug-likeness (QED) is 0.728. The van der Waals surface area contributed by atoms with Crippen molar-refractivity contribution in [1.29, 1.82) is 0 Å². The number of pyridine rings is 1. The van der Waals surface area contributed by atoms with Gasteiger partial charge in [-0.3, -0.25) is 9.78 Å². The first-order valence-corrected chi connectivity index (χ1v) is 8.80. The Morgan fingerprint density at radius 3 is 2.73 bits per heavy atom. The van der Waals surface area contributed by atoms with E-state index in [1.165, 1.54) is 0 Å². The third kappa shape index (κ3) is 5.20. The third-order valence-electron chi connectivity index (χ3n) is 4.32. The van der Waals surface area contributed by atoms with Gasteiger partial charge in [-0.2, -0.15) is 0 Å². The fourth-order valence-corrected chi connectivity index (χ4v) is 2.91. The summed E-state index contributed by atoms with van der Waals surface area (Å²) in [7, 11) is 1.61. The van der Waals surface area contributed by atoms with Gasteiger partial charge in [-0.15, -0.1) is 0 Å². The van der Waals surface area contributed by atoms with Crippen molar-refractivity contribution >= 4 is 5.91 Å². The van der Waals surface area contributed by atoms with Crippen LogP contribution in [0, 0.1) is 0 Å². The molecule has 1 aromatic carbocycles. The van der Waals surface area contributed by atoms with Crippen molar-refractivity contribution in [3.8, 4) is 11.5 Å². The molecule has 3 rings (SSSR count). The van der Waals surface area contributed by atoms with Crippen molar-refractivity contribution in [1.82, 2.24) is 9.88 Å². The van der Waals surface area contributed by atoms with E-state index in [2.05, 4.69) is 4.98 Å². The highest BCUT2D eigenvalue weighted by atomic mass is 16.5. The lowest BCUT2D eigenvalue weighted by molar-refractivity contribution is -0.135. The van der Waals surface area contributed by atoms with E-state index in [1.54, 1.807) is 48.7 Å². The average Bonchev–Trinajstić information content (AvgIpc) is 3.20. The molecule has 0 saturated carbocycles. The van der Waals surface area contributed by atoms with Crippen LogP contribution >= 0.6 is 0 Å². The highest BCUT2D eigenvalue weighted by molar-refractivity contribution is 5.77. The van der Waals surface area contributed by atoms with Gasteiger partial charge < -0.3 is 19.1 Å². The van der Waals surface area contributed by atoms with Gasteiger partial charge in [0.25, 0.3) is 5.91 Å². The molecule has 1 aromatic heterocycles. The van der Waals surface area contributed by atoms with Gasteiger partial charge in [-0.1, -0.05) is 6.07 Å². The Morgan fingerprint density at radius 2 is 2.08 bits per heavy atom. The summed E-state index contributed by atoms with van der Waals surface area (Å²) in [6, 6.07) is 11.0. The van der Waals surface area contributed by atoms with E-state index in [4.69, 9.17) is 14.2 Å². The Morgan fingerprint density at radius 1 is 1.27 bits per heavy atom. The second kappa shape index (κ2) is 9.20. The van der Waals surface area contributed by atoms with Crippen molar-refractivity contribution in [3.05, 3.63) is 54.4 Å². The van der Waals surface area contributed by atoms with E-state index in [0.717, 1.165) is 30.8 Å². The number of hydrogen-bond donors (Lipinski definition) is 0. The molecule has 138 valence electrons.